The number of rotatable bonds is 4. The van der Waals surface area contributed by atoms with Crippen molar-refractivity contribution >= 4 is 28.1 Å². The van der Waals surface area contributed by atoms with Gasteiger partial charge >= 0.3 is 20.8 Å². The van der Waals surface area contributed by atoms with E-state index >= 15 is 0 Å². The lowest BCUT2D eigenvalue weighted by Gasteiger charge is -2.08. The van der Waals surface area contributed by atoms with Gasteiger partial charge in [0, 0.05) is 27.3 Å². The molecule has 16 heavy (non-hydrogen) atoms. The number of nitrogens with one attached hydrogen (secondary N) is 1. The molecule has 1 N–H and O–H groups in total. The zero-order chi connectivity index (χ0) is 13.6. The van der Waals surface area contributed by atoms with E-state index in [0.717, 1.165) is 0 Å². The molecule has 0 bridgehead atoms. The first kappa shape index (κ1) is 18.5. The Morgan fingerprint density at radius 3 is 1.31 bits per heavy atom. The highest BCUT2D eigenvalue weighted by Crippen LogP contribution is 2.46. The Morgan fingerprint density at radius 2 is 1.31 bits per heavy atom. The van der Waals surface area contributed by atoms with Gasteiger partial charge in [-0.15, -0.1) is 0 Å². The van der Waals surface area contributed by atoms with Crippen molar-refractivity contribution in [1.29, 1.82) is 0 Å². The van der Waals surface area contributed by atoms with Gasteiger partial charge < -0.3 is 0 Å². The van der Waals surface area contributed by atoms with E-state index in [1.807, 2.05) is 0 Å². The molecule has 0 fully saturated rings. The highest BCUT2D eigenvalue weighted by atomic mass is 32.3. The van der Waals surface area contributed by atoms with Crippen molar-refractivity contribution in [2.45, 2.75) is 13.3 Å². The normalized spacial score (nSPS) is 12.9. The van der Waals surface area contributed by atoms with Crippen molar-refractivity contribution < 1.29 is 24.6 Å². The number of halogens is 2. The van der Waals surface area contributed by atoms with Crippen molar-refractivity contribution in [2.24, 2.45) is 0 Å². The van der Waals surface area contributed by atoms with Crippen LogP contribution in [0.2, 0.25) is 0 Å². The molecule has 0 aromatic heterocycles. The van der Waals surface area contributed by atoms with Gasteiger partial charge in [0.2, 0.25) is 0 Å². The summed E-state index contributed by atoms with van der Waals surface area (Å²) >= 11 is 0. The van der Waals surface area contributed by atoms with E-state index in [1.54, 1.807) is 0 Å². The monoisotopic (exact) mass is 300 g/mol. The summed E-state index contributed by atoms with van der Waals surface area (Å²) in [4.78, 5) is 0. The molecular weight excluding hydrogens is 283 g/mol. The summed E-state index contributed by atoms with van der Waals surface area (Å²) < 4.78 is 59.3. The maximum absolute atomic E-state index is 11.1. The molecule has 0 aliphatic carbocycles. The van der Waals surface area contributed by atoms with E-state index < -0.39 is 28.1 Å². The Balaban J connectivity index is 0. The lowest BCUT2D eigenvalue weighted by atomic mass is 10.6. The van der Waals surface area contributed by atoms with Crippen LogP contribution >= 0.6 is 7.26 Å². The van der Waals surface area contributed by atoms with Crippen LogP contribution in [0, 0.1) is 0 Å². The van der Waals surface area contributed by atoms with E-state index in [2.05, 4.69) is 26.9 Å². The second kappa shape index (κ2) is 6.78. The third-order valence-corrected chi connectivity index (χ3v) is 4.47. The first-order valence-corrected chi connectivity index (χ1v) is 10.3. The van der Waals surface area contributed by atoms with E-state index in [0.29, 0.717) is 0 Å². The number of hydrogen-bond donors (Lipinski definition) is 1. The van der Waals surface area contributed by atoms with Crippen LogP contribution in [0.4, 0.5) is 7.77 Å². The predicted octanol–water partition coefficient (Wildman–Crippen LogP) is 1.31. The molecule has 0 aliphatic rings. The van der Waals surface area contributed by atoms with E-state index in [4.69, 9.17) is 0 Å². The Hall–Kier alpha value is 0.150. The van der Waals surface area contributed by atoms with Gasteiger partial charge in [-0.25, -0.2) is 0 Å². The Bertz CT molecular complexity index is 357. The molecule has 0 spiro atoms. The van der Waals surface area contributed by atoms with Crippen LogP contribution in [0.5, 0.6) is 0 Å². The quantitative estimate of drug-likeness (QED) is 0.627. The Morgan fingerprint density at radius 1 is 1.00 bits per heavy atom. The van der Waals surface area contributed by atoms with Crippen LogP contribution in [0.3, 0.4) is 0 Å². The summed E-state index contributed by atoms with van der Waals surface area (Å²) in [6.07, 6.45) is 2.81. The fourth-order valence-electron chi connectivity index (χ4n) is 0.790. The Kier molecular flexibility index (Phi) is 7.85. The van der Waals surface area contributed by atoms with Gasteiger partial charge in [-0.05, 0) is 6.42 Å². The maximum atomic E-state index is 11.1. The summed E-state index contributed by atoms with van der Waals surface area (Å²) in [5.41, 5.74) is 0. The average molecular weight is 300 g/mol. The molecule has 0 amide bonds. The molecule has 0 aromatic carbocycles. The molecule has 0 aliphatic heterocycles. The third-order valence-electron chi connectivity index (χ3n) is 1.09. The van der Waals surface area contributed by atoms with Gasteiger partial charge in [-0.3, -0.25) is 0 Å². The van der Waals surface area contributed by atoms with E-state index in [9.17, 15) is 24.6 Å². The Labute approximate surface area is 96.6 Å². The molecule has 10 heteroatoms. The van der Waals surface area contributed by atoms with Crippen LogP contribution in [0.15, 0.2) is 0 Å². The van der Waals surface area contributed by atoms with Crippen LogP contribution in [0.1, 0.15) is 13.3 Å². The van der Waals surface area contributed by atoms with Crippen molar-refractivity contribution in [3.05, 3.63) is 0 Å². The zero-order valence-electron chi connectivity index (χ0n) is 9.57. The van der Waals surface area contributed by atoms with Crippen LogP contribution in [0.25, 0.3) is 0 Å². The molecule has 0 unspecified atom stereocenters. The van der Waals surface area contributed by atoms with Crippen LogP contribution < -0.4 is 4.13 Å². The topological polar surface area (TPSA) is 80.3 Å². The first-order valence-electron chi connectivity index (χ1n) is 4.25. The molecule has 100 valence electrons. The van der Waals surface area contributed by atoms with Gasteiger partial charge in [-0.2, -0.15) is 16.8 Å². The maximum Gasteiger partial charge on any atom is 0.387 e. The zero-order valence-corrected chi connectivity index (χ0v) is 12.1. The SMILES string of the molecule is CCC[P+](C)(C)C.O=S(=O)(F)NS(=O)(=O)F. The highest BCUT2D eigenvalue weighted by molar-refractivity contribution is 7.99. The second-order valence-corrected chi connectivity index (χ2v) is 11.4. The minimum absolute atomic E-state index is 0.0694. The van der Waals surface area contributed by atoms with Crippen LogP contribution in [-0.4, -0.2) is 43.0 Å². The minimum Gasteiger partial charge on any atom is -0.176 e. The summed E-state index contributed by atoms with van der Waals surface area (Å²) in [5, 5.41) is 0. The minimum atomic E-state index is -5.49. The third kappa shape index (κ3) is 23.8. The van der Waals surface area contributed by atoms with Gasteiger partial charge in [0.25, 0.3) is 0 Å². The lowest BCUT2D eigenvalue weighted by molar-refractivity contribution is 0.527. The predicted molar refractivity (Wildman–Crippen MR) is 63.0 cm³/mol. The van der Waals surface area contributed by atoms with Crippen LogP contribution in [-0.2, 0) is 20.8 Å². The van der Waals surface area contributed by atoms with Crippen molar-refractivity contribution in [2.75, 3.05) is 26.2 Å². The molecule has 0 atom stereocenters. The van der Waals surface area contributed by atoms with Gasteiger partial charge in [-0.1, -0.05) is 18.8 Å². The van der Waals surface area contributed by atoms with Gasteiger partial charge in [0.15, 0.2) is 0 Å². The highest BCUT2D eigenvalue weighted by Gasteiger charge is 2.17. The molecule has 5 nitrogen and oxygen atoms in total. The van der Waals surface area contributed by atoms with Crippen molar-refractivity contribution in [3.63, 3.8) is 0 Å². The smallest absolute Gasteiger partial charge is 0.176 e. The second-order valence-electron chi connectivity index (χ2n) is 3.97. The fourth-order valence-corrected chi connectivity index (χ4v) is 3.08. The summed E-state index contributed by atoms with van der Waals surface area (Å²) in [7, 11) is -11.4. The molecule has 0 rings (SSSR count). The largest absolute Gasteiger partial charge is 0.387 e. The van der Waals surface area contributed by atoms with E-state index in [-0.39, 0.29) is 4.13 Å². The molecular formula is C6H17F2NO4PS2+. The van der Waals surface area contributed by atoms with Crippen molar-refractivity contribution in [3.8, 4) is 0 Å². The average Bonchev–Trinajstić information content (AvgIpc) is 1.73. The molecule has 0 saturated carbocycles. The van der Waals surface area contributed by atoms with Crippen molar-refractivity contribution in [1.82, 2.24) is 4.13 Å². The first-order chi connectivity index (χ1) is 6.77. The summed E-state index contributed by atoms with van der Waals surface area (Å²) in [5.74, 6) is 0. The molecule has 0 heterocycles. The summed E-state index contributed by atoms with van der Waals surface area (Å²) in [6.45, 7) is 9.41. The van der Waals surface area contributed by atoms with Gasteiger partial charge in [0.1, 0.15) is 0 Å². The standard InChI is InChI=1S/C6H16P.F2HNO4S2/c1-5-6-7(2,3)4;1-8(4,5)3-9(2,6)7/h5-6H2,1-4H3;3H/q+1;. The fraction of sp³-hybridized carbons (Fsp3) is 1.00. The summed E-state index contributed by atoms with van der Waals surface area (Å²) in [6, 6.07) is 0. The molecule has 0 saturated heterocycles. The lowest BCUT2D eigenvalue weighted by Crippen LogP contribution is -2.23. The molecule has 0 aromatic rings. The van der Waals surface area contributed by atoms with Gasteiger partial charge in [0.05, 0.1) is 6.16 Å². The molecule has 0 radical (unpaired) electrons. The van der Waals surface area contributed by atoms with E-state index in [1.165, 1.54) is 12.6 Å². The number of hydrogen-bond acceptors (Lipinski definition) is 4.